The lowest BCUT2D eigenvalue weighted by atomic mass is 9.73. The molecule has 1 spiro atoms. The lowest BCUT2D eigenvalue weighted by molar-refractivity contribution is -0.257. The van der Waals surface area contributed by atoms with Crippen molar-refractivity contribution < 1.29 is 28.5 Å². The Hall–Kier alpha value is -1.06. The summed E-state index contributed by atoms with van der Waals surface area (Å²) in [5.74, 6) is 4.82. The maximum Gasteiger partial charge on any atom is 0.338 e. The largest absolute Gasteiger partial charge is 0.467 e. The molecule has 2 aliphatic heterocycles. The van der Waals surface area contributed by atoms with Crippen LogP contribution in [0.4, 0.5) is 0 Å². The smallest absolute Gasteiger partial charge is 0.338 e. The number of hydrogen-bond acceptors (Lipinski definition) is 8. The second-order valence-electron chi connectivity index (χ2n) is 7.57. The van der Waals surface area contributed by atoms with Gasteiger partial charge in [-0.15, -0.1) is 0 Å². The molecule has 8 nitrogen and oxygen atoms in total. The van der Waals surface area contributed by atoms with Crippen LogP contribution in [0.1, 0.15) is 53.4 Å². The molecule has 2 rings (SSSR count). The maximum absolute atomic E-state index is 11.9. The van der Waals surface area contributed by atoms with Crippen LogP contribution in [0.25, 0.3) is 0 Å². The minimum absolute atomic E-state index is 0.319. The van der Waals surface area contributed by atoms with Crippen molar-refractivity contribution in [3.8, 4) is 0 Å². The first kappa shape index (κ1) is 23.0. The topological polar surface area (TPSA) is 100 Å². The van der Waals surface area contributed by atoms with E-state index < -0.39 is 29.5 Å². The van der Waals surface area contributed by atoms with Crippen molar-refractivity contribution >= 4 is 12.3 Å². The molecule has 0 aromatic heterocycles. The van der Waals surface area contributed by atoms with Gasteiger partial charge in [0.2, 0.25) is 0 Å². The van der Waals surface area contributed by atoms with Crippen molar-refractivity contribution in [1.29, 1.82) is 0 Å². The van der Waals surface area contributed by atoms with Gasteiger partial charge in [-0.2, -0.15) is 0 Å². The van der Waals surface area contributed by atoms with Crippen molar-refractivity contribution in [2.24, 2.45) is 5.84 Å². The van der Waals surface area contributed by atoms with Crippen LogP contribution in [0, 0.1) is 0 Å². The quantitative estimate of drug-likeness (QED) is 0.448. The molecule has 0 aromatic carbocycles. The van der Waals surface area contributed by atoms with E-state index in [1.54, 1.807) is 14.2 Å². The summed E-state index contributed by atoms with van der Waals surface area (Å²) in [6, 6.07) is 0. The van der Waals surface area contributed by atoms with E-state index in [4.69, 9.17) is 20.1 Å². The Kier molecular flexibility index (Phi) is 7.74. The van der Waals surface area contributed by atoms with Crippen molar-refractivity contribution in [2.45, 2.75) is 82.5 Å². The number of nitrogens with two attached hydrogens (primary N) is 1. The van der Waals surface area contributed by atoms with Crippen molar-refractivity contribution in [3.05, 3.63) is 0 Å². The lowest BCUT2D eigenvalue weighted by Gasteiger charge is -2.57. The van der Waals surface area contributed by atoms with Crippen LogP contribution in [0.5, 0.6) is 0 Å². The molecule has 0 aliphatic carbocycles. The summed E-state index contributed by atoms with van der Waals surface area (Å²) in [4.78, 5) is 23.3. The first-order valence-electron chi connectivity index (χ1n) is 8.94. The Morgan fingerprint density at radius 1 is 1.19 bits per heavy atom. The third kappa shape index (κ3) is 4.26. The molecular weight excluding hydrogens is 340 g/mol. The molecule has 8 heteroatoms. The second-order valence-corrected chi connectivity index (χ2v) is 7.57. The molecule has 2 saturated heterocycles. The van der Waals surface area contributed by atoms with Crippen LogP contribution in [-0.2, 0) is 28.5 Å². The molecule has 2 N–H and O–H groups in total. The molecule has 0 radical (unpaired) electrons. The number of esters is 1. The van der Waals surface area contributed by atoms with Crippen molar-refractivity contribution in [2.75, 3.05) is 21.3 Å². The summed E-state index contributed by atoms with van der Waals surface area (Å²) < 4.78 is 20.9. The van der Waals surface area contributed by atoms with E-state index in [9.17, 15) is 9.59 Å². The highest BCUT2D eigenvalue weighted by atomic mass is 16.8. The first-order chi connectivity index (χ1) is 12.1. The van der Waals surface area contributed by atoms with Gasteiger partial charge in [-0.1, -0.05) is 13.8 Å². The van der Waals surface area contributed by atoms with Gasteiger partial charge in [-0.25, -0.2) is 9.80 Å². The predicted octanol–water partition coefficient (Wildman–Crippen LogP) is 1.41. The minimum atomic E-state index is -1.02. The fraction of sp³-hybridized carbons (Fsp3) is 0.889. The van der Waals surface area contributed by atoms with Crippen molar-refractivity contribution in [1.82, 2.24) is 5.01 Å². The molecule has 26 heavy (non-hydrogen) atoms. The van der Waals surface area contributed by atoms with E-state index in [1.165, 1.54) is 7.11 Å². The Balaban J connectivity index is 0.00000105. The summed E-state index contributed by atoms with van der Waals surface area (Å²) in [5.41, 5.74) is -0.719. The third-order valence-corrected chi connectivity index (χ3v) is 5.34. The molecule has 152 valence electrons. The summed E-state index contributed by atoms with van der Waals surface area (Å²) >= 11 is 0. The molecule has 0 bridgehead atoms. The zero-order valence-electron chi connectivity index (χ0n) is 17.0. The number of carbonyl (C=O) groups is 2. The number of hydrazine groups is 1. The summed E-state index contributed by atoms with van der Waals surface area (Å²) in [6.45, 7) is 8.18. The predicted molar refractivity (Wildman–Crippen MR) is 96.1 cm³/mol. The number of carbonyl (C=O) groups excluding carboxylic acids is 2. The van der Waals surface area contributed by atoms with Gasteiger partial charge in [0.05, 0.1) is 7.11 Å². The highest BCUT2D eigenvalue weighted by Gasteiger charge is 2.61. The van der Waals surface area contributed by atoms with Gasteiger partial charge in [0.1, 0.15) is 0 Å². The molecular formula is C18H34N2O6. The maximum atomic E-state index is 11.9. The fourth-order valence-electron chi connectivity index (χ4n) is 4.08. The number of nitrogens with zero attached hydrogens (tertiary/aromatic N) is 1. The summed E-state index contributed by atoms with van der Waals surface area (Å²) in [7, 11) is 4.52. The van der Waals surface area contributed by atoms with E-state index >= 15 is 0 Å². The van der Waals surface area contributed by atoms with E-state index in [2.05, 4.69) is 18.6 Å². The van der Waals surface area contributed by atoms with Gasteiger partial charge in [-0.3, -0.25) is 5.84 Å². The Labute approximate surface area is 156 Å². The standard InChI is InChI=1S/C16H28N2O5.C2H6O/c1-6-15(7-2)10-16(9-14(3,4)18(15)17)22-11(8-19)12(23-16)13(20)21-5;1-3-2/h8,11-12H,6-7,9-10,17H2,1-5H3;1-2H3. The molecule has 3 unspecified atom stereocenters. The summed E-state index contributed by atoms with van der Waals surface area (Å²) in [5, 5.41) is 1.89. The number of hydrogen-bond donors (Lipinski definition) is 1. The zero-order valence-corrected chi connectivity index (χ0v) is 17.0. The van der Waals surface area contributed by atoms with Gasteiger partial charge in [0, 0.05) is 38.1 Å². The normalized spacial score (nSPS) is 32.6. The average Bonchev–Trinajstić information content (AvgIpc) is 2.95. The Morgan fingerprint density at radius 3 is 2.15 bits per heavy atom. The third-order valence-electron chi connectivity index (χ3n) is 5.34. The second kappa shape index (κ2) is 8.75. The molecule has 0 aromatic rings. The lowest BCUT2D eigenvalue weighted by Crippen LogP contribution is -2.70. The first-order valence-corrected chi connectivity index (χ1v) is 8.94. The Bertz CT molecular complexity index is 494. The van der Waals surface area contributed by atoms with E-state index in [1.807, 2.05) is 18.9 Å². The van der Waals surface area contributed by atoms with E-state index in [0.29, 0.717) is 19.1 Å². The van der Waals surface area contributed by atoms with Crippen LogP contribution >= 0.6 is 0 Å². The van der Waals surface area contributed by atoms with E-state index in [0.717, 1.165) is 12.8 Å². The van der Waals surface area contributed by atoms with E-state index in [-0.39, 0.29) is 5.54 Å². The van der Waals surface area contributed by atoms with Gasteiger partial charge in [0.15, 0.2) is 24.3 Å². The van der Waals surface area contributed by atoms with Gasteiger partial charge < -0.3 is 23.7 Å². The highest BCUT2D eigenvalue weighted by Crippen LogP contribution is 2.50. The van der Waals surface area contributed by atoms with Crippen LogP contribution in [0.3, 0.4) is 0 Å². The van der Waals surface area contributed by atoms with Crippen LogP contribution in [-0.4, -0.2) is 67.7 Å². The molecule has 2 aliphatic rings. The average molecular weight is 374 g/mol. The Morgan fingerprint density at radius 2 is 1.73 bits per heavy atom. The summed E-state index contributed by atoms with van der Waals surface area (Å²) in [6.07, 6.45) is 1.23. The number of aldehydes is 1. The molecule has 2 fully saturated rings. The molecule has 0 amide bonds. The van der Waals surface area contributed by atoms with Gasteiger partial charge in [0.25, 0.3) is 0 Å². The molecule has 0 saturated carbocycles. The number of rotatable bonds is 4. The minimum Gasteiger partial charge on any atom is -0.467 e. The van der Waals surface area contributed by atoms with Gasteiger partial charge in [-0.05, 0) is 26.7 Å². The highest BCUT2D eigenvalue weighted by molar-refractivity contribution is 5.80. The fourth-order valence-corrected chi connectivity index (χ4v) is 4.08. The number of piperidine rings is 1. The number of ether oxygens (including phenoxy) is 4. The van der Waals surface area contributed by atoms with Crippen LogP contribution in [0.2, 0.25) is 0 Å². The van der Waals surface area contributed by atoms with Crippen LogP contribution < -0.4 is 5.84 Å². The SMILES string of the molecule is CCC1(CC)CC2(CC(C)(C)N1N)OC(C=O)C(C(=O)OC)O2.COC. The molecule has 3 atom stereocenters. The van der Waals surface area contributed by atoms with Gasteiger partial charge >= 0.3 is 5.97 Å². The zero-order chi connectivity index (χ0) is 20.2. The van der Waals surface area contributed by atoms with Crippen molar-refractivity contribution in [3.63, 3.8) is 0 Å². The monoisotopic (exact) mass is 374 g/mol. The molecule has 2 heterocycles. The van der Waals surface area contributed by atoms with Crippen LogP contribution in [0.15, 0.2) is 0 Å². The number of methoxy groups -OCH3 is 2.